The number of halogens is 2. The molecule has 154 valence electrons. The van der Waals surface area contributed by atoms with E-state index in [1.54, 1.807) is 0 Å². The third-order valence-corrected chi connectivity index (χ3v) is 4.89. The average Bonchev–Trinajstić information content (AvgIpc) is 2.67. The molecule has 1 aliphatic heterocycles. The summed E-state index contributed by atoms with van der Waals surface area (Å²) < 4.78 is 0. The lowest BCUT2D eigenvalue weighted by Gasteiger charge is -2.32. The first kappa shape index (κ1) is 24.2. The SMILES string of the molecule is CN(C)c1ccc(-c2ccc(C(=O)NCC3(O)CCCNC3)cc2)cc1.Cl.Cl. The van der Waals surface area contributed by atoms with Gasteiger partial charge in [0.25, 0.3) is 5.91 Å². The molecule has 0 aromatic heterocycles. The van der Waals surface area contributed by atoms with E-state index in [2.05, 4.69) is 39.8 Å². The highest BCUT2D eigenvalue weighted by molar-refractivity contribution is 5.94. The van der Waals surface area contributed by atoms with Crippen molar-refractivity contribution in [2.24, 2.45) is 0 Å². The number of rotatable bonds is 5. The highest BCUT2D eigenvalue weighted by atomic mass is 35.5. The summed E-state index contributed by atoms with van der Waals surface area (Å²) in [6.07, 6.45) is 1.63. The van der Waals surface area contributed by atoms with Crippen molar-refractivity contribution in [1.82, 2.24) is 10.6 Å². The second kappa shape index (κ2) is 10.7. The normalized spacial score (nSPS) is 18.4. The minimum atomic E-state index is -0.845. The van der Waals surface area contributed by atoms with Gasteiger partial charge >= 0.3 is 0 Å². The molecule has 0 aliphatic carbocycles. The molecule has 2 aromatic rings. The van der Waals surface area contributed by atoms with Gasteiger partial charge in [-0.05, 0) is 54.8 Å². The molecule has 0 saturated carbocycles. The van der Waals surface area contributed by atoms with Crippen LogP contribution in [0.1, 0.15) is 23.2 Å². The van der Waals surface area contributed by atoms with Crippen molar-refractivity contribution in [3.63, 3.8) is 0 Å². The highest BCUT2D eigenvalue weighted by Gasteiger charge is 2.29. The molecule has 0 bridgehead atoms. The molecule has 3 N–H and O–H groups in total. The van der Waals surface area contributed by atoms with Crippen LogP contribution in [0.15, 0.2) is 48.5 Å². The zero-order valence-electron chi connectivity index (χ0n) is 16.3. The average molecular weight is 426 g/mol. The van der Waals surface area contributed by atoms with Crippen LogP contribution in [-0.2, 0) is 0 Å². The molecule has 1 fully saturated rings. The number of amides is 1. The number of nitrogens with zero attached hydrogens (tertiary/aromatic N) is 1. The third-order valence-electron chi connectivity index (χ3n) is 4.89. The number of hydrogen-bond acceptors (Lipinski definition) is 4. The summed E-state index contributed by atoms with van der Waals surface area (Å²) in [4.78, 5) is 14.4. The smallest absolute Gasteiger partial charge is 0.251 e. The van der Waals surface area contributed by atoms with Gasteiger partial charge in [0.05, 0.1) is 5.60 Å². The standard InChI is InChI=1S/C21H27N3O2.2ClH/c1-24(2)19-10-8-17(9-11-19)16-4-6-18(7-5-16)20(25)23-15-21(26)12-3-13-22-14-21;;/h4-11,22,26H,3,12-15H2,1-2H3,(H,23,25);2*1H. The molecule has 1 heterocycles. The zero-order valence-corrected chi connectivity index (χ0v) is 17.9. The monoisotopic (exact) mass is 425 g/mol. The molecular formula is C21H29Cl2N3O2. The van der Waals surface area contributed by atoms with Crippen molar-refractivity contribution in [2.45, 2.75) is 18.4 Å². The van der Waals surface area contributed by atoms with Gasteiger partial charge in [-0.2, -0.15) is 0 Å². The summed E-state index contributed by atoms with van der Waals surface area (Å²) >= 11 is 0. The summed E-state index contributed by atoms with van der Waals surface area (Å²) in [5, 5.41) is 16.5. The number of benzene rings is 2. The van der Waals surface area contributed by atoms with Crippen LogP contribution < -0.4 is 15.5 Å². The number of aliphatic hydroxyl groups is 1. The summed E-state index contributed by atoms with van der Waals surface area (Å²) in [7, 11) is 4.03. The predicted molar refractivity (Wildman–Crippen MR) is 120 cm³/mol. The number of nitrogens with one attached hydrogen (secondary N) is 2. The first-order valence-corrected chi connectivity index (χ1v) is 9.06. The second-order valence-electron chi connectivity index (χ2n) is 7.21. The van der Waals surface area contributed by atoms with Gasteiger partial charge in [0.15, 0.2) is 0 Å². The van der Waals surface area contributed by atoms with Crippen LogP contribution >= 0.6 is 24.8 Å². The summed E-state index contributed by atoms with van der Waals surface area (Å²) in [5.41, 5.74) is 3.10. The number of β-amino-alcohol motifs (C(OH)–C–C–N with tert-alkyl or cyclic N) is 1. The maximum Gasteiger partial charge on any atom is 0.251 e. The Kier molecular flexibility index (Phi) is 9.24. The topological polar surface area (TPSA) is 64.6 Å². The van der Waals surface area contributed by atoms with Gasteiger partial charge in [0, 0.05) is 38.4 Å². The van der Waals surface area contributed by atoms with Crippen molar-refractivity contribution in [2.75, 3.05) is 38.6 Å². The van der Waals surface area contributed by atoms with Crippen LogP contribution in [-0.4, -0.2) is 50.3 Å². The molecule has 1 atom stereocenters. The Labute approximate surface area is 179 Å². The first-order chi connectivity index (χ1) is 12.5. The van der Waals surface area contributed by atoms with Crippen LogP contribution in [0.3, 0.4) is 0 Å². The molecule has 0 spiro atoms. The lowest BCUT2D eigenvalue weighted by Crippen LogP contribution is -2.52. The van der Waals surface area contributed by atoms with Crippen molar-refractivity contribution in [1.29, 1.82) is 0 Å². The summed E-state index contributed by atoms with van der Waals surface area (Å²) in [5.74, 6) is -0.154. The number of piperidine rings is 1. The second-order valence-corrected chi connectivity index (χ2v) is 7.21. The van der Waals surface area contributed by atoms with Gasteiger partial charge in [-0.1, -0.05) is 24.3 Å². The van der Waals surface area contributed by atoms with Crippen molar-refractivity contribution < 1.29 is 9.90 Å². The largest absolute Gasteiger partial charge is 0.387 e. The highest BCUT2D eigenvalue weighted by Crippen LogP contribution is 2.23. The third kappa shape index (κ3) is 6.11. The molecule has 0 radical (unpaired) electrons. The molecule has 3 rings (SSSR count). The van der Waals surface area contributed by atoms with Gasteiger partial charge in [0.1, 0.15) is 0 Å². The van der Waals surface area contributed by atoms with Crippen LogP contribution in [0.5, 0.6) is 0 Å². The molecule has 7 heteroatoms. The molecule has 1 aliphatic rings. The van der Waals surface area contributed by atoms with Crippen LogP contribution in [0.25, 0.3) is 11.1 Å². The zero-order chi connectivity index (χ0) is 18.6. The molecule has 28 heavy (non-hydrogen) atoms. The van der Waals surface area contributed by atoms with Gasteiger partial charge in [0.2, 0.25) is 0 Å². The lowest BCUT2D eigenvalue weighted by atomic mass is 9.94. The Morgan fingerprint density at radius 3 is 2.14 bits per heavy atom. The number of anilines is 1. The number of carbonyl (C=O) groups is 1. The van der Waals surface area contributed by atoms with Gasteiger partial charge in [-0.25, -0.2) is 0 Å². The van der Waals surface area contributed by atoms with E-state index in [-0.39, 0.29) is 37.3 Å². The maximum absolute atomic E-state index is 12.3. The molecule has 1 amide bonds. The van der Waals surface area contributed by atoms with Crippen LogP contribution in [0, 0.1) is 0 Å². The minimum Gasteiger partial charge on any atom is -0.387 e. The quantitative estimate of drug-likeness (QED) is 0.688. The van der Waals surface area contributed by atoms with Gasteiger partial charge in [-0.3, -0.25) is 4.79 Å². The van der Waals surface area contributed by atoms with Gasteiger partial charge in [-0.15, -0.1) is 24.8 Å². The van der Waals surface area contributed by atoms with E-state index in [0.717, 1.165) is 29.8 Å². The van der Waals surface area contributed by atoms with E-state index in [4.69, 9.17) is 0 Å². The van der Waals surface area contributed by atoms with Crippen molar-refractivity contribution >= 4 is 36.4 Å². The van der Waals surface area contributed by atoms with E-state index in [9.17, 15) is 9.90 Å². The molecule has 5 nitrogen and oxygen atoms in total. The van der Waals surface area contributed by atoms with Crippen LogP contribution in [0.2, 0.25) is 0 Å². The van der Waals surface area contributed by atoms with Gasteiger partial charge < -0.3 is 20.6 Å². The fourth-order valence-corrected chi connectivity index (χ4v) is 3.22. The van der Waals surface area contributed by atoms with E-state index in [0.29, 0.717) is 18.5 Å². The Morgan fingerprint density at radius 2 is 1.64 bits per heavy atom. The summed E-state index contributed by atoms with van der Waals surface area (Å²) in [6.45, 7) is 1.72. The maximum atomic E-state index is 12.3. The van der Waals surface area contributed by atoms with E-state index >= 15 is 0 Å². The molecule has 1 saturated heterocycles. The first-order valence-electron chi connectivity index (χ1n) is 9.06. The van der Waals surface area contributed by atoms with Crippen molar-refractivity contribution in [3.05, 3.63) is 54.1 Å². The Bertz CT molecular complexity index is 743. The van der Waals surface area contributed by atoms with E-state index < -0.39 is 5.60 Å². The fourth-order valence-electron chi connectivity index (χ4n) is 3.22. The predicted octanol–water partition coefficient (Wildman–Crippen LogP) is 3.11. The fraction of sp³-hybridized carbons (Fsp3) is 0.381. The van der Waals surface area contributed by atoms with E-state index in [1.165, 1.54) is 0 Å². The van der Waals surface area contributed by atoms with E-state index in [1.807, 2.05) is 38.4 Å². The summed E-state index contributed by atoms with van der Waals surface area (Å²) in [6, 6.07) is 15.9. The minimum absolute atomic E-state index is 0. The molecule has 1 unspecified atom stereocenters. The molecule has 2 aromatic carbocycles. The van der Waals surface area contributed by atoms with Crippen LogP contribution in [0.4, 0.5) is 5.69 Å². The Hall–Kier alpha value is -1.79. The lowest BCUT2D eigenvalue weighted by molar-refractivity contribution is 0.0170. The number of hydrogen-bond donors (Lipinski definition) is 3. The Balaban J connectivity index is 0.00000196. The number of carbonyl (C=O) groups excluding carboxylic acids is 1. The van der Waals surface area contributed by atoms with Crippen molar-refractivity contribution in [3.8, 4) is 11.1 Å². The Morgan fingerprint density at radius 1 is 1.07 bits per heavy atom. The molecular weight excluding hydrogens is 397 g/mol.